The normalized spacial score (nSPS) is 18.6. The van der Waals surface area contributed by atoms with E-state index in [1.54, 1.807) is 4.90 Å². The van der Waals surface area contributed by atoms with E-state index in [1.165, 1.54) is 0 Å². The van der Waals surface area contributed by atoms with Crippen LogP contribution in [0, 0.1) is 5.92 Å². The van der Waals surface area contributed by atoms with E-state index in [2.05, 4.69) is 48.9 Å². The molecule has 0 spiro atoms. The fraction of sp³-hybridized carbons (Fsp3) is 0.583. The van der Waals surface area contributed by atoms with Crippen LogP contribution in [0.15, 0.2) is 42.5 Å². The Hall–Kier alpha value is -3.17. The third-order valence-corrected chi connectivity index (χ3v) is 36.3. The fourth-order valence-electron chi connectivity index (χ4n) is 8.83. The van der Waals surface area contributed by atoms with Gasteiger partial charge in [0.2, 0.25) is 11.8 Å². The van der Waals surface area contributed by atoms with Crippen LogP contribution in [0.1, 0.15) is 56.9 Å². The molecular weight excluding hydrogens is 1240 g/mol. The largest absolute Gasteiger partial charge is 0.480 e. The Morgan fingerprint density at radius 1 is 0.695 bits per heavy atom. The fourth-order valence-corrected chi connectivity index (χ4v) is 34.6. The number of nitrogens with one attached hydrogen (secondary N) is 5. The summed E-state index contributed by atoms with van der Waals surface area (Å²) in [5.74, 6) is -3.23. The van der Waals surface area contributed by atoms with E-state index in [-0.39, 0.29) is 144 Å². The van der Waals surface area contributed by atoms with Crippen molar-refractivity contribution in [1.82, 2.24) is 46.0 Å². The molecule has 4 rings (SSSR count). The van der Waals surface area contributed by atoms with Crippen LogP contribution in [0.2, 0.25) is 0 Å². The average Bonchev–Trinajstić information content (AvgIpc) is 3.46. The summed E-state index contributed by atoms with van der Waals surface area (Å²) in [5.41, 5.74) is 0.939. The second kappa shape index (κ2) is 44.3. The second-order valence-corrected chi connectivity index (χ2v) is 37.0. The minimum atomic E-state index is -1.30. The highest BCUT2D eigenvalue weighted by atomic mass is 32.9. The molecule has 462 valence electrons. The molecule has 25 nitrogen and oxygen atoms in total. The molecule has 2 aliphatic rings. The maximum Gasteiger partial charge on any atom is 0.326 e. The lowest BCUT2D eigenvalue weighted by atomic mass is 9.85. The summed E-state index contributed by atoms with van der Waals surface area (Å²) in [6.07, 6.45) is 2.30. The second-order valence-electron chi connectivity index (χ2n) is 18.7. The summed E-state index contributed by atoms with van der Waals surface area (Å²) in [6.45, 7) is 3.83. The summed E-state index contributed by atoms with van der Waals surface area (Å²) in [4.78, 5) is 129. The SMILES string of the molecule is O=COCC[C@H](NC(=O)N[C@@H](CCCCNC(=O)[C@H](Cc1ccc2ccccc2c1)NC(=O)C1CCC(NP(PP)P(P)PC(=O)CN2CCN(COC=O)CCN(COC=O)CCN(CC(=O)O)CC2)CC1)C(=O)O)OC=O.S.S.S. The zero-order chi connectivity index (χ0) is 57.4. The minimum absolute atomic E-state index is 0. The van der Waals surface area contributed by atoms with E-state index in [1.807, 2.05) is 57.2 Å². The van der Waals surface area contributed by atoms with Gasteiger partial charge in [0.15, 0.2) is 11.8 Å². The predicted molar refractivity (Wildman–Crippen MR) is 340 cm³/mol. The van der Waals surface area contributed by atoms with Gasteiger partial charge < -0.3 is 50.4 Å². The molecule has 2 fully saturated rings. The van der Waals surface area contributed by atoms with Gasteiger partial charge in [-0.1, -0.05) is 50.4 Å². The Bertz CT molecular complexity index is 2300. The number of nitrogens with zero attached hydrogens (tertiary/aromatic N) is 4. The van der Waals surface area contributed by atoms with Crippen molar-refractivity contribution in [3.63, 3.8) is 0 Å². The molecule has 34 heteroatoms. The Morgan fingerprint density at radius 3 is 1.84 bits per heavy atom. The number of hydrogen-bond donors (Lipinski definition) is 7. The summed E-state index contributed by atoms with van der Waals surface area (Å²) in [6, 6.07) is 10.7. The molecule has 0 bridgehead atoms. The molecule has 2 aromatic carbocycles. The third-order valence-electron chi connectivity index (χ3n) is 13.1. The number of aliphatic carboxylic acids is 2. The number of unbranched alkanes of at least 4 members (excludes halogenated alkanes) is 1. The van der Waals surface area contributed by atoms with E-state index < -0.39 is 56.6 Å². The first-order valence-electron chi connectivity index (χ1n) is 25.7. The van der Waals surface area contributed by atoms with Crippen molar-refractivity contribution in [3.8, 4) is 0 Å². The van der Waals surface area contributed by atoms with Gasteiger partial charge in [-0.2, -0.15) is 40.5 Å². The lowest BCUT2D eigenvalue weighted by molar-refractivity contribution is -0.140. The van der Waals surface area contributed by atoms with Crippen LogP contribution in [-0.4, -0.2) is 207 Å². The number of hydrogen-bond acceptors (Lipinski definition) is 19. The first kappa shape index (κ1) is 76.8. The molecule has 1 aliphatic heterocycles. The monoisotopic (exact) mass is 1320 g/mol. The van der Waals surface area contributed by atoms with Crippen LogP contribution in [0.5, 0.6) is 0 Å². The molecule has 1 saturated heterocycles. The van der Waals surface area contributed by atoms with Crippen molar-refractivity contribution in [1.29, 1.82) is 0 Å². The maximum absolute atomic E-state index is 14.0. The zero-order valence-corrected chi connectivity index (χ0v) is 54.5. The minimum Gasteiger partial charge on any atom is -0.480 e. The summed E-state index contributed by atoms with van der Waals surface area (Å²) in [7, 11) is 5.56. The summed E-state index contributed by atoms with van der Waals surface area (Å²) in [5, 5.41) is 35.8. The van der Waals surface area contributed by atoms with E-state index in [0.29, 0.717) is 98.9 Å². The molecule has 0 aromatic heterocycles. The molecule has 0 radical (unpaired) electrons. The maximum atomic E-state index is 14.0. The van der Waals surface area contributed by atoms with Crippen molar-refractivity contribution in [3.05, 3.63) is 48.0 Å². The molecule has 82 heavy (non-hydrogen) atoms. The van der Waals surface area contributed by atoms with E-state index in [9.17, 15) is 58.2 Å². The van der Waals surface area contributed by atoms with E-state index in [0.717, 1.165) is 29.2 Å². The van der Waals surface area contributed by atoms with Crippen LogP contribution in [0.25, 0.3) is 10.8 Å². The van der Waals surface area contributed by atoms with Gasteiger partial charge in [0.25, 0.3) is 25.9 Å². The first-order valence-corrected chi connectivity index (χ1v) is 36.2. The van der Waals surface area contributed by atoms with Crippen LogP contribution < -0.4 is 26.4 Å². The van der Waals surface area contributed by atoms with Gasteiger partial charge in [-0.05, 0) is 76.5 Å². The molecule has 1 saturated carbocycles. The molecule has 7 N–H and O–H groups in total. The summed E-state index contributed by atoms with van der Waals surface area (Å²) >= 11 is 0. The van der Waals surface area contributed by atoms with Gasteiger partial charge in [0.05, 0.1) is 19.7 Å². The van der Waals surface area contributed by atoms with Crippen molar-refractivity contribution in [2.75, 3.05) is 92.1 Å². The Kier molecular flexibility index (Phi) is 41.5. The number of fused-ring (bicyclic) bond motifs is 1. The van der Waals surface area contributed by atoms with E-state index in [4.69, 9.17) is 14.2 Å². The Morgan fingerprint density at radius 2 is 1.28 bits per heavy atom. The van der Waals surface area contributed by atoms with Crippen LogP contribution >= 0.6 is 89.0 Å². The molecule has 9 atom stereocenters. The van der Waals surface area contributed by atoms with Gasteiger partial charge in [0, 0.05) is 91.2 Å². The lowest BCUT2D eigenvalue weighted by Crippen LogP contribution is -2.50. The van der Waals surface area contributed by atoms with E-state index >= 15 is 0 Å². The van der Waals surface area contributed by atoms with Gasteiger partial charge in [0.1, 0.15) is 25.5 Å². The van der Waals surface area contributed by atoms with Gasteiger partial charge >= 0.3 is 18.0 Å². The number of urea groups is 1. The van der Waals surface area contributed by atoms with Crippen molar-refractivity contribution >= 4 is 161 Å². The van der Waals surface area contributed by atoms with Gasteiger partial charge in [-0.25, -0.2) is 9.59 Å². The smallest absolute Gasteiger partial charge is 0.326 e. The molecule has 1 aliphatic carbocycles. The molecule has 6 unspecified atom stereocenters. The van der Waals surface area contributed by atoms with Crippen LogP contribution in [0.4, 0.5) is 4.79 Å². The van der Waals surface area contributed by atoms with Crippen molar-refractivity contribution < 1.29 is 77.1 Å². The van der Waals surface area contributed by atoms with Gasteiger partial charge in [-0.15, -0.1) is 17.9 Å². The topological polar surface area (TPSA) is 321 Å². The van der Waals surface area contributed by atoms with Crippen LogP contribution in [0.3, 0.4) is 0 Å². The first-order chi connectivity index (χ1) is 38.1. The predicted octanol–water partition coefficient (Wildman–Crippen LogP) is 3.11. The number of amides is 4. The Balaban J connectivity index is 0.0000112. The number of carboxylic acids is 2. The zero-order valence-electron chi connectivity index (χ0n) is 45.4. The highest BCUT2D eigenvalue weighted by Crippen LogP contribution is 2.90. The number of carbonyl (C=O) groups excluding carboxylic acids is 8. The highest BCUT2D eigenvalue weighted by molar-refractivity contribution is 8.90. The number of carboxylic acid groups (broad SMARTS) is 2. The number of carbonyl (C=O) groups is 10. The lowest BCUT2D eigenvalue weighted by Gasteiger charge is -2.34. The van der Waals surface area contributed by atoms with Crippen molar-refractivity contribution in [2.45, 2.75) is 82.1 Å². The van der Waals surface area contributed by atoms with Gasteiger partial charge in [-0.3, -0.25) is 63.0 Å². The highest BCUT2D eigenvalue weighted by Gasteiger charge is 2.32. The molecule has 1 heterocycles. The molecule has 4 amide bonds. The number of ether oxygens (including phenoxy) is 4. The Labute approximate surface area is 509 Å². The third kappa shape index (κ3) is 30.3. The average molecular weight is 1320 g/mol. The number of rotatable bonds is 35. The molecule has 2 aromatic rings. The quantitative estimate of drug-likeness (QED) is 0.0171. The van der Waals surface area contributed by atoms with Crippen LogP contribution in [-0.2, 0) is 68.5 Å². The van der Waals surface area contributed by atoms with Crippen molar-refractivity contribution in [2.24, 2.45) is 5.92 Å². The number of benzene rings is 2. The summed E-state index contributed by atoms with van der Waals surface area (Å²) < 4.78 is 19.4. The standard InChI is InChI=1S/C48H75N9O16P6.3H2S/c58-31-70-24-14-42(73-34-61)52-48(69)51-40(47(67)68)7-3-4-15-49-46(66)41(26-35-8-9-36-5-1-2-6-38(36)25-35)50-45(65)37-10-12-39(13-11-37)53-78(77-74)79(75)76-44(64)28-55-17-16-54(27-43(62)63)18-20-56(29-71-32-59)22-23-57(21-19-55)30-72-33-60;;;/h1-2,5-6,8-9,25,31-34,37,39-42,53,76-77H,3-4,7,10-24,26-30,74-75H2,(H,49,66)(H,50,65)(H,62,63)(H,67,68)(H2,51,52,69);3*1H2/t37?,39?,40-,41-,42+,78?,79?;;;/m0.../s1. The molecular formula is C48H81N9O16P6S3.